The second kappa shape index (κ2) is 4.83. The minimum absolute atomic E-state index is 0.200. The summed E-state index contributed by atoms with van der Waals surface area (Å²) < 4.78 is 5.05. The number of carbonyl (C=O) groups is 1. The van der Waals surface area contributed by atoms with E-state index in [0.29, 0.717) is 16.3 Å². The highest BCUT2D eigenvalue weighted by atomic mass is 35.5. The normalized spacial score (nSPS) is 9.86. The monoisotopic (exact) mass is 215 g/mol. The lowest BCUT2D eigenvalue weighted by Gasteiger charge is -2.08. The van der Waals surface area contributed by atoms with Gasteiger partial charge in [-0.15, -0.1) is 0 Å². The third kappa shape index (κ3) is 2.90. The molecule has 0 spiro atoms. The maximum absolute atomic E-state index is 10.4. The predicted octanol–water partition coefficient (Wildman–Crippen LogP) is 0.696. The molecule has 1 rings (SSSR count). The van der Waals surface area contributed by atoms with Crippen LogP contribution >= 0.6 is 11.6 Å². The number of ether oxygens (including phenoxy) is 1. The summed E-state index contributed by atoms with van der Waals surface area (Å²) in [5.41, 5.74) is 5.44. The molecule has 5 heteroatoms. The molecule has 14 heavy (non-hydrogen) atoms. The largest absolute Gasteiger partial charge is 0.483 e. The van der Waals surface area contributed by atoms with Crippen molar-refractivity contribution in [3.05, 3.63) is 28.8 Å². The van der Waals surface area contributed by atoms with Crippen LogP contribution in [0, 0.1) is 0 Å². The van der Waals surface area contributed by atoms with E-state index in [1.54, 1.807) is 18.2 Å². The van der Waals surface area contributed by atoms with Crippen molar-refractivity contribution in [1.82, 2.24) is 0 Å². The molecule has 1 aromatic rings. The van der Waals surface area contributed by atoms with Crippen LogP contribution in [0.1, 0.15) is 5.56 Å². The summed E-state index contributed by atoms with van der Waals surface area (Å²) in [7, 11) is 0. The Labute approximate surface area is 86.2 Å². The number of halogens is 1. The van der Waals surface area contributed by atoms with Crippen molar-refractivity contribution in [1.29, 1.82) is 0 Å². The van der Waals surface area contributed by atoms with Gasteiger partial charge in [-0.1, -0.05) is 11.6 Å². The van der Waals surface area contributed by atoms with Gasteiger partial charge in [0, 0.05) is 10.6 Å². The maximum Gasteiger partial charge on any atom is 0.255 e. The van der Waals surface area contributed by atoms with Crippen molar-refractivity contribution < 1.29 is 14.6 Å². The predicted molar refractivity (Wildman–Crippen MR) is 52.1 cm³/mol. The Kier molecular flexibility index (Phi) is 3.73. The standard InChI is InChI=1S/C9H10ClNO3/c10-7-1-2-8(6(3-7)4-12)14-5-9(11)13/h1-3,12H,4-5H2,(H2,11,13). The maximum atomic E-state index is 10.4. The van der Waals surface area contributed by atoms with Gasteiger partial charge < -0.3 is 15.6 Å². The van der Waals surface area contributed by atoms with Crippen LogP contribution in [0.15, 0.2) is 18.2 Å². The van der Waals surface area contributed by atoms with Gasteiger partial charge in [-0.2, -0.15) is 0 Å². The van der Waals surface area contributed by atoms with Crippen LogP contribution in [-0.2, 0) is 11.4 Å². The number of carbonyl (C=O) groups excluding carboxylic acids is 1. The van der Waals surface area contributed by atoms with Crippen LogP contribution in [0.5, 0.6) is 5.75 Å². The van der Waals surface area contributed by atoms with E-state index >= 15 is 0 Å². The summed E-state index contributed by atoms with van der Waals surface area (Å²) in [6, 6.07) is 4.76. The number of rotatable bonds is 4. The second-order valence-corrected chi connectivity index (χ2v) is 3.10. The van der Waals surface area contributed by atoms with E-state index in [1.807, 2.05) is 0 Å². The van der Waals surface area contributed by atoms with Crippen LogP contribution in [0.3, 0.4) is 0 Å². The third-order valence-electron chi connectivity index (χ3n) is 1.56. The Hall–Kier alpha value is -1.26. The number of hydrogen-bond acceptors (Lipinski definition) is 3. The summed E-state index contributed by atoms with van der Waals surface area (Å²) in [5.74, 6) is -0.153. The number of primary amides is 1. The van der Waals surface area contributed by atoms with Gasteiger partial charge in [0.05, 0.1) is 6.61 Å². The molecule has 1 aromatic carbocycles. The molecule has 0 heterocycles. The fourth-order valence-electron chi connectivity index (χ4n) is 0.961. The number of hydrogen-bond donors (Lipinski definition) is 2. The minimum atomic E-state index is -0.566. The zero-order chi connectivity index (χ0) is 10.6. The number of nitrogens with two attached hydrogens (primary N) is 1. The van der Waals surface area contributed by atoms with Crippen LogP contribution < -0.4 is 10.5 Å². The quantitative estimate of drug-likeness (QED) is 0.777. The number of benzene rings is 1. The first-order valence-electron chi connectivity index (χ1n) is 3.94. The molecule has 0 aliphatic heterocycles. The topological polar surface area (TPSA) is 72.6 Å². The van der Waals surface area contributed by atoms with E-state index in [0.717, 1.165) is 0 Å². The second-order valence-electron chi connectivity index (χ2n) is 2.67. The molecule has 0 unspecified atom stereocenters. The summed E-state index contributed by atoms with van der Waals surface area (Å²) >= 11 is 5.70. The van der Waals surface area contributed by atoms with E-state index in [4.69, 9.17) is 27.2 Å². The summed E-state index contributed by atoms with van der Waals surface area (Å²) in [6.45, 7) is -0.413. The van der Waals surface area contributed by atoms with Crippen molar-refractivity contribution in [2.75, 3.05) is 6.61 Å². The number of aliphatic hydroxyl groups is 1. The lowest BCUT2D eigenvalue weighted by molar-refractivity contribution is -0.119. The van der Waals surface area contributed by atoms with Crippen molar-refractivity contribution in [3.8, 4) is 5.75 Å². The Balaban J connectivity index is 2.80. The first-order chi connectivity index (χ1) is 6.63. The molecular weight excluding hydrogens is 206 g/mol. The molecule has 0 saturated carbocycles. The van der Waals surface area contributed by atoms with Gasteiger partial charge in [-0.05, 0) is 18.2 Å². The molecule has 0 aliphatic carbocycles. The fourth-order valence-corrected chi connectivity index (χ4v) is 1.16. The highest BCUT2D eigenvalue weighted by molar-refractivity contribution is 6.30. The van der Waals surface area contributed by atoms with Crippen molar-refractivity contribution in [3.63, 3.8) is 0 Å². The third-order valence-corrected chi connectivity index (χ3v) is 1.80. The SMILES string of the molecule is NC(=O)COc1ccc(Cl)cc1CO. The molecule has 0 bridgehead atoms. The molecule has 0 aliphatic rings. The summed E-state index contributed by atoms with van der Waals surface area (Å²) in [4.78, 5) is 10.4. The molecule has 0 aromatic heterocycles. The molecule has 0 saturated heterocycles. The number of aliphatic hydroxyl groups excluding tert-OH is 1. The smallest absolute Gasteiger partial charge is 0.255 e. The molecule has 0 radical (unpaired) electrons. The lowest BCUT2D eigenvalue weighted by atomic mass is 10.2. The Bertz CT molecular complexity index is 341. The van der Waals surface area contributed by atoms with Crippen molar-refractivity contribution >= 4 is 17.5 Å². The van der Waals surface area contributed by atoms with E-state index in [1.165, 1.54) is 0 Å². The van der Waals surface area contributed by atoms with Crippen LogP contribution in [0.2, 0.25) is 5.02 Å². The zero-order valence-corrected chi connectivity index (χ0v) is 8.12. The average Bonchev–Trinajstić information content (AvgIpc) is 2.15. The Morgan fingerprint density at radius 2 is 2.29 bits per heavy atom. The first kappa shape index (κ1) is 10.8. The van der Waals surface area contributed by atoms with E-state index in [9.17, 15) is 4.79 Å². The van der Waals surface area contributed by atoms with Crippen LogP contribution in [0.25, 0.3) is 0 Å². The van der Waals surface area contributed by atoms with Gasteiger partial charge in [-0.25, -0.2) is 0 Å². The van der Waals surface area contributed by atoms with Gasteiger partial charge in [0.15, 0.2) is 6.61 Å². The summed E-state index contributed by atoms with van der Waals surface area (Å²) in [6.07, 6.45) is 0. The highest BCUT2D eigenvalue weighted by Gasteiger charge is 2.04. The van der Waals surface area contributed by atoms with Gasteiger partial charge in [0.25, 0.3) is 5.91 Å². The fraction of sp³-hybridized carbons (Fsp3) is 0.222. The number of amides is 1. The summed E-state index contributed by atoms with van der Waals surface area (Å²) in [5, 5.41) is 9.45. The molecule has 4 nitrogen and oxygen atoms in total. The Morgan fingerprint density at radius 1 is 1.57 bits per heavy atom. The molecule has 0 fully saturated rings. The lowest BCUT2D eigenvalue weighted by Crippen LogP contribution is -2.20. The zero-order valence-electron chi connectivity index (χ0n) is 7.37. The average molecular weight is 216 g/mol. The van der Waals surface area contributed by atoms with Crippen LogP contribution in [-0.4, -0.2) is 17.6 Å². The van der Waals surface area contributed by atoms with Gasteiger partial charge in [0.1, 0.15) is 5.75 Å². The van der Waals surface area contributed by atoms with Gasteiger partial charge in [-0.3, -0.25) is 4.79 Å². The first-order valence-corrected chi connectivity index (χ1v) is 4.31. The Morgan fingerprint density at radius 3 is 2.86 bits per heavy atom. The molecule has 1 amide bonds. The van der Waals surface area contributed by atoms with E-state index < -0.39 is 5.91 Å². The molecular formula is C9H10ClNO3. The minimum Gasteiger partial charge on any atom is -0.483 e. The van der Waals surface area contributed by atoms with E-state index in [2.05, 4.69) is 0 Å². The van der Waals surface area contributed by atoms with Gasteiger partial charge in [0.2, 0.25) is 0 Å². The van der Waals surface area contributed by atoms with Crippen LogP contribution in [0.4, 0.5) is 0 Å². The van der Waals surface area contributed by atoms with Crippen molar-refractivity contribution in [2.24, 2.45) is 5.73 Å². The van der Waals surface area contributed by atoms with Crippen molar-refractivity contribution in [2.45, 2.75) is 6.61 Å². The highest BCUT2D eigenvalue weighted by Crippen LogP contribution is 2.22. The molecule has 3 N–H and O–H groups in total. The van der Waals surface area contributed by atoms with Gasteiger partial charge >= 0.3 is 0 Å². The molecule has 0 atom stereocenters. The molecule has 76 valence electrons. The van der Waals surface area contributed by atoms with E-state index in [-0.39, 0.29) is 13.2 Å².